The molecule has 1 aromatic rings. The first-order valence-electron chi connectivity index (χ1n) is 5.23. The van der Waals surface area contributed by atoms with Gasteiger partial charge in [-0.15, -0.1) is 0 Å². The molecular formula is C11H20N2O. The molecule has 0 atom stereocenters. The van der Waals surface area contributed by atoms with Crippen molar-refractivity contribution in [1.29, 1.82) is 0 Å². The fraction of sp³-hybridized carbons (Fsp3) is 0.727. The number of nitrogens with one attached hydrogen (secondary N) is 1. The summed E-state index contributed by atoms with van der Waals surface area (Å²) in [4.78, 5) is 7.56. The third kappa shape index (κ3) is 2.58. The largest absolute Gasteiger partial charge is 0.388 e. The third-order valence-corrected chi connectivity index (χ3v) is 2.17. The van der Waals surface area contributed by atoms with E-state index in [1.54, 1.807) is 0 Å². The van der Waals surface area contributed by atoms with E-state index >= 15 is 0 Å². The molecule has 0 aromatic carbocycles. The number of imidazole rings is 1. The highest BCUT2D eigenvalue weighted by atomic mass is 16.3. The van der Waals surface area contributed by atoms with Gasteiger partial charge in [-0.25, -0.2) is 4.98 Å². The summed E-state index contributed by atoms with van der Waals surface area (Å²) in [7, 11) is 0. The molecule has 0 fully saturated rings. The van der Waals surface area contributed by atoms with Gasteiger partial charge in [0, 0.05) is 5.69 Å². The summed E-state index contributed by atoms with van der Waals surface area (Å²) in [5.74, 6) is 1.71. The standard InChI is InChI=1S/C11H20N2O/c1-7(2)5-9-11(8(3)4)13-10(6-14)12-9/h7-8,14H,5-6H2,1-4H3,(H,12,13). The van der Waals surface area contributed by atoms with E-state index < -0.39 is 0 Å². The van der Waals surface area contributed by atoms with Crippen LogP contribution in [-0.2, 0) is 13.0 Å². The van der Waals surface area contributed by atoms with Crippen LogP contribution in [0.5, 0.6) is 0 Å². The molecular weight excluding hydrogens is 176 g/mol. The van der Waals surface area contributed by atoms with Crippen LogP contribution in [0.1, 0.15) is 50.8 Å². The maximum atomic E-state index is 9.00. The molecule has 0 saturated carbocycles. The van der Waals surface area contributed by atoms with E-state index in [1.807, 2.05) is 0 Å². The lowest BCUT2D eigenvalue weighted by Gasteiger charge is -2.07. The molecule has 0 bridgehead atoms. The van der Waals surface area contributed by atoms with Crippen LogP contribution in [0.15, 0.2) is 0 Å². The lowest BCUT2D eigenvalue weighted by atomic mass is 10.0. The zero-order valence-electron chi connectivity index (χ0n) is 9.46. The zero-order valence-corrected chi connectivity index (χ0v) is 9.46. The normalized spacial score (nSPS) is 11.6. The molecule has 0 amide bonds. The molecule has 2 N–H and O–H groups in total. The van der Waals surface area contributed by atoms with Crippen molar-refractivity contribution in [3.05, 3.63) is 17.2 Å². The Kier molecular flexibility index (Phi) is 3.69. The van der Waals surface area contributed by atoms with E-state index in [4.69, 9.17) is 5.11 Å². The predicted octanol–water partition coefficient (Wildman–Crippen LogP) is 2.22. The molecule has 0 saturated heterocycles. The second-order valence-electron chi connectivity index (χ2n) is 4.46. The van der Waals surface area contributed by atoms with Crippen molar-refractivity contribution >= 4 is 0 Å². The van der Waals surface area contributed by atoms with E-state index in [0.29, 0.717) is 17.7 Å². The lowest BCUT2D eigenvalue weighted by Crippen LogP contribution is -2.00. The van der Waals surface area contributed by atoms with Crippen molar-refractivity contribution in [3.8, 4) is 0 Å². The lowest BCUT2D eigenvalue weighted by molar-refractivity contribution is 0.272. The Morgan fingerprint density at radius 3 is 2.36 bits per heavy atom. The third-order valence-electron chi connectivity index (χ3n) is 2.17. The average molecular weight is 196 g/mol. The molecule has 3 nitrogen and oxygen atoms in total. The number of hydrogen-bond acceptors (Lipinski definition) is 2. The number of rotatable bonds is 4. The van der Waals surface area contributed by atoms with Gasteiger partial charge < -0.3 is 10.1 Å². The first-order chi connectivity index (χ1) is 6.54. The van der Waals surface area contributed by atoms with Crippen LogP contribution in [0, 0.1) is 5.92 Å². The molecule has 3 heteroatoms. The second-order valence-corrected chi connectivity index (χ2v) is 4.46. The fourth-order valence-corrected chi connectivity index (χ4v) is 1.60. The summed E-state index contributed by atoms with van der Waals surface area (Å²) in [5, 5.41) is 9.00. The number of aromatic amines is 1. The fourth-order valence-electron chi connectivity index (χ4n) is 1.60. The highest BCUT2D eigenvalue weighted by Gasteiger charge is 2.13. The molecule has 80 valence electrons. The predicted molar refractivity (Wildman–Crippen MR) is 57.1 cm³/mol. The Bertz CT molecular complexity index is 289. The maximum absolute atomic E-state index is 9.00. The van der Waals surface area contributed by atoms with Gasteiger partial charge in [0.05, 0.1) is 5.69 Å². The number of H-pyrrole nitrogens is 1. The van der Waals surface area contributed by atoms with Gasteiger partial charge in [0.1, 0.15) is 12.4 Å². The highest BCUT2D eigenvalue weighted by Crippen LogP contribution is 2.19. The number of hydrogen-bond donors (Lipinski definition) is 2. The Morgan fingerprint density at radius 2 is 1.93 bits per heavy atom. The van der Waals surface area contributed by atoms with Crippen molar-refractivity contribution in [3.63, 3.8) is 0 Å². The van der Waals surface area contributed by atoms with E-state index in [0.717, 1.165) is 12.1 Å². The van der Waals surface area contributed by atoms with Gasteiger partial charge >= 0.3 is 0 Å². The Morgan fingerprint density at radius 1 is 1.29 bits per heavy atom. The minimum Gasteiger partial charge on any atom is -0.388 e. The van der Waals surface area contributed by atoms with Crippen molar-refractivity contribution in [2.24, 2.45) is 5.92 Å². The van der Waals surface area contributed by atoms with E-state index in [1.165, 1.54) is 5.69 Å². The molecule has 1 aromatic heterocycles. The van der Waals surface area contributed by atoms with E-state index in [9.17, 15) is 0 Å². The SMILES string of the molecule is CC(C)Cc1[nH]c(CO)nc1C(C)C. The Labute approximate surface area is 85.6 Å². The number of aliphatic hydroxyl groups is 1. The molecule has 0 spiro atoms. The first-order valence-corrected chi connectivity index (χ1v) is 5.23. The minimum atomic E-state index is -0.00217. The van der Waals surface area contributed by atoms with Gasteiger partial charge in [-0.1, -0.05) is 27.7 Å². The summed E-state index contributed by atoms with van der Waals surface area (Å²) in [6.07, 6.45) is 1.00. The van der Waals surface area contributed by atoms with Gasteiger partial charge in [0.15, 0.2) is 0 Å². The van der Waals surface area contributed by atoms with Crippen LogP contribution in [0.25, 0.3) is 0 Å². The number of aromatic nitrogens is 2. The first kappa shape index (κ1) is 11.2. The number of aliphatic hydroxyl groups excluding tert-OH is 1. The van der Waals surface area contributed by atoms with Crippen LogP contribution in [0.2, 0.25) is 0 Å². The van der Waals surface area contributed by atoms with Crippen molar-refractivity contribution in [2.75, 3.05) is 0 Å². The summed E-state index contributed by atoms with van der Waals surface area (Å²) < 4.78 is 0. The second kappa shape index (κ2) is 4.60. The monoisotopic (exact) mass is 196 g/mol. The summed E-state index contributed by atoms with van der Waals surface area (Å²) in [6, 6.07) is 0. The van der Waals surface area contributed by atoms with E-state index in [-0.39, 0.29) is 6.61 Å². The Balaban J connectivity index is 2.93. The molecule has 0 aliphatic heterocycles. The molecule has 0 radical (unpaired) electrons. The molecule has 14 heavy (non-hydrogen) atoms. The molecule has 0 aliphatic rings. The van der Waals surface area contributed by atoms with Crippen LogP contribution in [-0.4, -0.2) is 15.1 Å². The van der Waals surface area contributed by atoms with Crippen molar-refractivity contribution < 1.29 is 5.11 Å². The van der Waals surface area contributed by atoms with Crippen molar-refractivity contribution in [1.82, 2.24) is 9.97 Å². The minimum absolute atomic E-state index is 0.00217. The van der Waals surface area contributed by atoms with Gasteiger partial charge in [0.25, 0.3) is 0 Å². The van der Waals surface area contributed by atoms with Gasteiger partial charge in [-0.2, -0.15) is 0 Å². The van der Waals surface area contributed by atoms with Gasteiger partial charge in [-0.05, 0) is 18.3 Å². The summed E-state index contributed by atoms with van der Waals surface area (Å²) >= 11 is 0. The summed E-state index contributed by atoms with van der Waals surface area (Å²) in [5.41, 5.74) is 2.28. The highest BCUT2D eigenvalue weighted by molar-refractivity contribution is 5.18. The van der Waals surface area contributed by atoms with Crippen LogP contribution < -0.4 is 0 Å². The van der Waals surface area contributed by atoms with Crippen LogP contribution in [0.4, 0.5) is 0 Å². The topological polar surface area (TPSA) is 48.9 Å². The Hall–Kier alpha value is -0.830. The van der Waals surface area contributed by atoms with Crippen LogP contribution >= 0.6 is 0 Å². The van der Waals surface area contributed by atoms with Gasteiger partial charge in [-0.3, -0.25) is 0 Å². The van der Waals surface area contributed by atoms with Crippen LogP contribution in [0.3, 0.4) is 0 Å². The quantitative estimate of drug-likeness (QED) is 0.775. The number of nitrogens with zero attached hydrogens (tertiary/aromatic N) is 1. The van der Waals surface area contributed by atoms with Crippen molar-refractivity contribution in [2.45, 2.75) is 46.6 Å². The maximum Gasteiger partial charge on any atom is 0.132 e. The van der Waals surface area contributed by atoms with Gasteiger partial charge in [0.2, 0.25) is 0 Å². The smallest absolute Gasteiger partial charge is 0.132 e. The molecule has 1 heterocycles. The molecule has 1 rings (SSSR count). The summed E-state index contributed by atoms with van der Waals surface area (Å²) in [6.45, 7) is 8.62. The van der Waals surface area contributed by atoms with E-state index in [2.05, 4.69) is 37.7 Å². The zero-order chi connectivity index (χ0) is 10.7. The molecule has 0 aliphatic carbocycles. The molecule has 0 unspecified atom stereocenters. The average Bonchev–Trinajstić information content (AvgIpc) is 2.46.